The van der Waals surface area contributed by atoms with E-state index in [-0.39, 0.29) is 12.2 Å². The van der Waals surface area contributed by atoms with E-state index in [4.69, 9.17) is 14.5 Å². The number of ether oxygens (including phenoxy) is 2. The van der Waals surface area contributed by atoms with Crippen molar-refractivity contribution in [1.82, 2.24) is 15.5 Å². The van der Waals surface area contributed by atoms with Crippen molar-refractivity contribution in [3.05, 3.63) is 35.4 Å². The zero-order valence-corrected chi connectivity index (χ0v) is 18.0. The normalized spacial score (nSPS) is 20.9. The van der Waals surface area contributed by atoms with Gasteiger partial charge in [0, 0.05) is 45.9 Å². The Hall–Kier alpha value is -1.63. The minimum Gasteiger partial charge on any atom is -0.382 e. The monoisotopic (exact) mass is 390 g/mol. The van der Waals surface area contributed by atoms with E-state index in [9.17, 15) is 0 Å². The van der Waals surface area contributed by atoms with Gasteiger partial charge in [0.15, 0.2) is 5.96 Å². The van der Waals surface area contributed by atoms with Crippen LogP contribution in [0.2, 0.25) is 0 Å². The molecule has 0 aliphatic carbocycles. The van der Waals surface area contributed by atoms with Gasteiger partial charge in [-0.2, -0.15) is 0 Å². The minimum absolute atomic E-state index is 0.287. The summed E-state index contributed by atoms with van der Waals surface area (Å²) >= 11 is 0. The first kappa shape index (κ1) is 22.7. The van der Waals surface area contributed by atoms with Crippen LogP contribution in [-0.4, -0.2) is 62.5 Å². The summed E-state index contributed by atoms with van der Waals surface area (Å²) in [6, 6.07) is 8.62. The van der Waals surface area contributed by atoms with Crippen LogP contribution < -0.4 is 10.6 Å². The van der Waals surface area contributed by atoms with Gasteiger partial charge in [-0.15, -0.1) is 0 Å². The zero-order valence-electron chi connectivity index (χ0n) is 18.0. The maximum atomic E-state index is 5.86. The standard InChI is InChI=1S/C22H38N4O2/c1-5-23-22(24-12-9-13-27-6-2)25-14-20-10-7-8-11-21(20)17-26-15-18(3)28-19(4)16-26/h7-8,10-11,18-19H,5-6,9,12-17H2,1-4H3,(H2,23,24,25). The summed E-state index contributed by atoms with van der Waals surface area (Å²) in [6.45, 7) is 15.2. The fraction of sp³-hybridized carbons (Fsp3) is 0.682. The molecule has 1 aromatic carbocycles. The average molecular weight is 391 g/mol. The Labute approximate surface area is 170 Å². The molecule has 0 radical (unpaired) electrons. The molecule has 0 saturated carbocycles. The fourth-order valence-electron chi connectivity index (χ4n) is 3.55. The van der Waals surface area contributed by atoms with Crippen LogP contribution in [0.25, 0.3) is 0 Å². The molecule has 1 aromatic rings. The molecule has 1 aliphatic heterocycles. The highest BCUT2D eigenvalue weighted by Crippen LogP contribution is 2.17. The summed E-state index contributed by atoms with van der Waals surface area (Å²) in [6.07, 6.45) is 1.55. The molecule has 6 nitrogen and oxygen atoms in total. The summed E-state index contributed by atoms with van der Waals surface area (Å²) < 4.78 is 11.3. The maximum Gasteiger partial charge on any atom is 0.191 e. The number of nitrogens with zero attached hydrogens (tertiary/aromatic N) is 2. The van der Waals surface area contributed by atoms with Crippen LogP contribution in [0.5, 0.6) is 0 Å². The zero-order chi connectivity index (χ0) is 20.2. The molecule has 2 unspecified atom stereocenters. The highest BCUT2D eigenvalue weighted by molar-refractivity contribution is 5.79. The number of aliphatic imine (C=N–C) groups is 1. The third kappa shape index (κ3) is 8.17. The molecular formula is C22H38N4O2. The molecule has 0 spiro atoms. The van der Waals surface area contributed by atoms with Gasteiger partial charge in [-0.05, 0) is 45.2 Å². The molecule has 2 N–H and O–H groups in total. The molecule has 1 fully saturated rings. The van der Waals surface area contributed by atoms with Crippen LogP contribution in [0.3, 0.4) is 0 Å². The average Bonchev–Trinajstić information content (AvgIpc) is 2.66. The van der Waals surface area contributed by atoms with Gasteiger partial charge in [0.05, 0.1) is 18.8 Å². The van der Waals surface area contributed by atoms with Crippen molar-refractivity contribution in [2.75, 3.05) is 39.4 Å². The van der Waals surface area contributed by atoms with Crippen LogP contribution in [0.4, 0.5) is 0 Å². The van der Waals surface area contributed by atoms with Crippen LogP contribution in [-0.2, 0) is 22.6 Å². The van der Waals surface area contributed by atoms with E-state index in [1.165, 1.54) is 11.1 Å². The number of benzene rings is 1. The second-order valence-electron chi connectivity index (χ2n) is 7.39. The first-order valence-electron chi connectivity index (χ1n) is 10.7. The molecule has 1 heterocycles. The van der Waals surface area contributed by atoms with Crippen molar-refractivity contribution in [1.29, 1.82) is 0 Å². The third-order valence-corrected chi connectivity index (χ3v) is 4.72. The van der Waals surface area contributed by atoms with Crippen molar-refractivity contribution >= 4 is 5.96 Å². The van der Waals surface area contributed by atoms with Crippen molar-refractivity contribution in [3.8, 4) is 0 Å². The predicted octanol–water partition coefficient (Wildman–Crippen LogP) is 2.78. The van der Waals surface area contributed by atoms with E-state index >= 15 is 0 Å². The Morgan fingerprint density at radius 1 is 1.14 bits per heavy atom. The summed E-state index contributed by atoms with van der Waals surface area (Å²) in [5, 5.41) is 6.72. The van der Waals surface area contributed by atoms with Gasteiger partial charge in [-0.3, -0.25) is 4.90 Å². The highest BCUT2D eigenvalue weighted by atomic mass is 16.5. The van der Waals surface area contributed by atoms with Gasteiger partial charge >= 0.3 is 0 Å². The van der Waals surface area contributed by atoms with Crippen LogP contribution in [0.1, 0.15) is 45.2 Å². The molecule has 6 heteroatoms. The Bertz CT molecular complexity index is 584. The number of rotatable bonds is 10. The molecule has 2 atom stereocenters. The van der Waals surface area contributed by atoms with Crippen molar-refractivity contribution in [2.24, 2.45) is 4.99 Å². The third-order valence-electron chi connectivity index (χ3n) is 4.72. The second kappa shape index (κ2) is 12.8. The number of hydrogen-bond donors (Lipinski definition) is 2. The van der Waals surface area contributed by atoms with E-state index in [0.717, 1.165) is 58.3 Å². The minimum atomic E-state index is 0.287. The van der Waals surface area contributed by atoms with E-state index in [1.807, 2.05) is 6.92 Å². The summed E-state index contributed by atoms with van der Waals surface area (Å²) in [5.41, 5.74) is 2.63. The molecule has 0 amide bonds. The lowest BCUT2D eigenvalue weighted by Gasteiger charge is -2.35. The Morgan fingerprint density at radius 3 is 2.54 bits per heavy atom. The first-order valence-corrected chi connectivity index (χ1v) is 10.7. The lowest BCUT2D eigenvalue weighted by atomic mass is 10.1. The fourth-order valence-corrected chi connectivity index (χ4v) is 3.55. The lowest BCUT2D eigenvalue weighted by molar-refractivity contribution is -0.0705. The summed E-state index contributed by atoms with van der Waals surface area (Å²) in [5.74, 6) is 0.863. The molecule has 28 heavy (non-hydrogen) atoms. The smallest absolute Gasteiger partial charge is 0.191 e. The molecule has 0 aromatic heterocycles. The van der Waals surface area contributed by atoms with Gasteiger partial charge in [0.1, 0.15) is 0 Å². The van der Waals surface area contributed by atoms with Crippen LogP contribution in [0.15, 0.2) is 29.3 Å². The maximum absolute atomic E-state index is 5.86. The molecule has 2 rings (SSSR count). The van der Waals surface area contributed by atoms with E-state index in [1.54, 1.807) is 0 Å². The number of nitrogens with one attached hydrogen (secondary N) is 2. The number of guanidine groups is 1. The highest BCUT2D eigenvalue weighted by Gasteiger charge is 2.22. The van der Waals surface area contributed by atoms with Crippen molar-refractivity contribution < 1.29 is 9.47 Å². The second-order valence-corrected chi connectivity index (χ2v) is 7.39. The Kier molecular flexibility index (Phi) is 10.3. The topological polar surface area (TPSA) is 58.1 Å². The van der Waals surface area contributed by atoms with Gasteiger partial charge < -0.3 is 20.1 Å². The number of hydrogen-bond acceptors (Lipinski definition) is 4. The van der Waals surface area contributed by atoms with E-state index in [0.29, 0.717) is 6.54 Å². The Morgan fingerprint density at radius 2 is 1.86 bits per heavy atom. The first-order chi connectivity index (χ1) is 13.6. The van der Waals surface area contributed by atoms with Crippen molar-refractivity contribution in [2.45, 2.75) is 59.4 Å². The predicted molar refractivity (Wildman–Crippen MR) is 116 cm³/mol. The van der Waals surface area contributed by atoms with Crippen LogP contribution >= 0.6 is 0 Å². The molecule has 1 saturated heterocycles. The summed E-state index contributed by atoms with van der Waals surface area (Å²) in [7, 11) is 0. The van der Waals surface area contributed by atoms with Gasteiger partial charge in [-0.1, -0.05) is 24.3 Å². The quantitative estimate of drug-likeness (QED) is 0.365. The van der Waals surface area contributed by atoms with Crippen LogP contribution in [0, 0.1) is 0 Å². The SMILES string of the molecule is CCNC(=NCc1ccccc1CN1CC(C)OC(C)C1)NCCCOCC. The number of morpholine rings is 1. The van der Waals surface area contributed by atoms with E-state index < -0.39 is 0 Å². The van der Waals surface area contributed by atoms with E-state index in [2.05, 4.69) is 60.6 Å². The molecule has 158 valence electrons. The molecular weight excluding hydrogens is 352 g/mol. The summed E-state index contributed by atoms with van der Waals surface area (Å²) in [4.78, 5) is 7.28. The Balaban J connectivity index is 1.95. The largest absolute Gasteiger partial charge is 0.382 e. The molecule has 0 bridgehead atoms. The van der Waals surface area contributed by atoms with Gasteiger partial charge in [0.25, 0.3) is 0 Å². The lowest BCUT2D eigenvalue weighted by Crippen LogP contribution is -2.44. The van der Waals surface area contributed by atoms with Gasteiger partial charge in [0.2, 0.25) is 0 Å². The molecule has 1 aliphatic rings. The van der Waals surface area contributed by atoms with Crippen molar-refractivity contribution in [3.63, 3.8) is 0 Å². The van der Waals surface area contributed by atoms with Gasteiger partial charge in [-0.25, -0.2) is 4.99 Å².